The highest BCUT2D eigenvalue weighted by atomic mass is 16.7. The normalized spacial score (nSPS) is 21.1. The van der Waals surface area contributed by atoms with Gasteiger partial charge in [0.25, 0.3) is 0 Å². The second kappa shape index (κ2) is 13.3. The van der Waals surface area contributed by atoms with Crippen molar-refractivity contribution in [1.82, 2.24) is 0 Å². The molecule has 1 fully saturated rings. The summed E-state index contributed by atoms with van der Waals surface area (Å²) < 4.78 is 39.6. The standard InChI is InChI=1S/C34H30O14/c1-42-23-11-17(12-24(43-2)28(23)38)32-33(20-9-10-44-21-13-19(36)14-22(46-32)27(20)21)48-34-31(41)30(40)29(39)25(47-34)15-45-26(37)8-5-16-3-6-18(35)7-4-16/h3-14,25,29-31,34-35,38-41H,15H2,1-2H3/t25-,29-,30+,31-,34+/m1/s1. The van der Waals surface area contributed by atoms with E-state index in [4.69, 9.17) is 32.5 Å². The van der Waals surface area contributed by atoms with Crippen LogP contribution >= 0.6 is 0 Å². The topological polar surface area (TPSA) is 208 Å². The Bertz CT molecular complexity index is 2020. The number of aliphatic hydroxyl groups excluding tert-OH is 3. The van der Waals surface area contributed by atoms with Gasteiger partial charge >= 0.3 is 5.97 Å². The molecule has 5 N–H and O–H groups in total. The largest absolute Gasteiger partial charge is 0.508 e. The molecule has 3 aromatic carbocycles. The first-order valence-corrected chi connectivity index (χ1v) is 14.5. The van der Waals surface area contributed by atoms with E-state index in [9.17, 15) is 35.1 Å². The van der Waals surface area contributed by atoms with Crippen LogP contribution in [-0.2, 0) is 14.3 Å². The molecule has 48 heavy (non-hydrogen) atoms. The average Bonchev–Trinajstić information content (AvgIpc) is 3.08. The third-order valence-corrected chi connectivity index (χ3v) is 7.74. The van der Waals surface area contributed by atoms with E-state index >= 15 is 0 Å². The first-order valence-electron chi connectivity index (χ1n) is 14.5. The molecule has 14 heteroatoms. The van der Waals surface area contributed by atoms with Crippen LogP contribution in [0.1, 0.15) is 5.56 Å². The minimum atomic E-state index is -1.80. The van der Waals surface area contributed by atoms with Crippen LogP contribution in [0.2, 0.25) is 0 Å². The molecule has 0 aliphatic carbocycles. The van der Waals surface area contributed by atoms with Gasteiger partial charge in [-0.05, 0) is 42.0 Å². The first-order chi connectivity index (χ1) is 23.1. The van der Waals surface area contributed by atoms with Crippen molar-refractivity contribution in [2.75, 3.05) is 20.8 Å². The molecule has 5 atom stereocenters. The summed E-state index contributed by atoms with van der Waals surface area (Å²) in [6, 6.07) is 13.0. The molecule has 1 saturated heterocycles. The summed E-state index contributed by atoms with van der Waals surface area (Å²) in [6.45, 7) is -0.526. The van der Waals surface area contributed by atoms with Crippen LogP contribution in [0.5, 0.6) is 28.7 Å². The van der Waals surface area contributed by atoms with Crippen LogP contribution in [0.4, 0.5) is 0 Å². The lowest BCUT2D eigenvalue weighted by Gasteiger charge is -2.40. The maximum absolute atomic E-state index is 12.5. The summed E-state index contributed by atoms with van der Waals surface area (Å²) in [6.07, 6.45) is -4.35. The molecular weight excluding hydrogens is 632 g/mol. The first kappa shape index (κ1) is 32.4. The molecule has 250 valence electrons. The molecule has 6 rings (SSSR count). The summed E-state index contributed by atoms with van der Waals surface area (Å²) >= 11 is 0. The summed E-state index contributed by atoms with van der Waals surface area (Å²) in [5, 5.41) is 53.0. The number of aromatic hydroxyl groups is 2. The smallest absolute Gasteiger partial charge is 0.330 e. The molecule has 0 radical (unpaired) electrons. The predicted octanol–water partition coefficient (Wildman–Crippen LogP) is 3.08. The number of hydrogen-bond donors (Lipinski definition) is 5. The van der Waals surface area contributed by atoms with Gasteiger partial charge in [-0.3, -0.25) is 4.79 Å². The lowest BCUT2D eigenvalue weighted by Crippen LogP contribution is -2.60. The van der Waals surface area contributed by atoms with Crippen molar-refractivity contribution in [3.8, 4) is 40.1 Å². The molecule has 0 unspecified atom stereocenters. The van der Waals surface area contributed by atoms with E-state index in [1.54, 1.807) is 12.1 Å². The summed E-state index contributed by atoms with van der Waals surface area (Å²) in [5.74, 6) is -1.04. The van der Waals surface area contributed by atoms with Crippen LogP contribution in [0.25, 0.3) is 39.3 Å². The number of esters is 1. The predicted molar refractivity (Wildman–Crippen MR) is 168 cm³/mol. The van der Waals surface area contributed by atoms with Gasteiger partial charge in [-0.15, -0.1) is 0 Å². The maximum atomic E-state index is 12.5. The Labute approximate surface area is 271 Å². The molecule has 14 nitrogen and oxygen atoms in total. The van der Waals surface area contributed by atoms with Gasteiger partial charge < -0.3 is 58.1 Å². The van der Waals surface area contributed by atoms with Crippen molar-refractivity contribution >= 4 is 34.0 Å². The van der Waals surface area contributed by atoms with E-state index in [1.165, 1.54) is 69.0 Å². The number of phenols is 2. The van der Waals surface area contributed by atoms with Crippen LogP contribution in [0, 0.1) is 0 Å². The number of aliphatic hydroxyl groups is 3. The number of benzene rings is 3. The second-order valence-corrected chi connectivity index (χ2v) is 10.8. The van der Waals surface area contributed by atoms with Gasteiger partial charge in [-0.25, -0.2) is 4.79 Å². The van der Waals surface area contributed by atoms with Gasteiger partial charge in [-0.2, -0.15) is 0 Å². The molecular formula is C34H30O14. The van der Waals surface area contributed by atoms with Crippen molar-refractivity contribution in [2.45, 2.75) is 30.7 Å². The Morgan fingerprint density at radius 2 is 1.58 bits per heavy atom. The van der Waals surface area contributed by atoms with Gasteiger partial charge in [0, 0.05) is 29.2 Å². The van der Waals surface area contributed by atoms with E-state index < -0.39 is 48.7 Å². The molecule has 0 bridgehead atoms. The fourth-order valence-corrected chi connectivity index (χ4v) is 5.29. The van der Waals surface area contributed by atoms with Gasteiger partial charge in [-0.1, -0.05) is 12.1 Å². The fraction of sp³-hybridized carbons (Fsp3) is 0.235. The Morgan fingerprint density at radius 1 is 0.896 bits per heavy atom. The number of carbonyl (C=O) groups is 1. The zero-order valence-corrected chi connectivity index (χ0v) is 25.4. The number of methoxy groups -OCH3 is 2. The minimum Gasteiger partial charge on any atom is -0.508 e. The van der Waals surface area contributed by atoms with E-state index in [1.807, 2.05) is 0 Å². The average molecular weight is 663 g/mol. The molecule has 2 aromatic heterocycles. The lowest BCUT2D eigenvalue weighted by molar-refractivity contribution is -0.278. The summed E-state index contributed by atoms with van der Waals surface area (Å²) in [7, 11) is 2.67. The van der Waals surface area contributed by atoms with Crippen molar-refractivity contribution in [2.24, 2.45) is 0 Å². The number of carbonyl (C=O) groups excluding carboxylic acids is 1. The Morgan fingerprint density at radius 3 is 2.27 bits per heavy atom. The summed E-state index contributed by atoms with van der Waals surface area (Å²) in [5.41, 5.74) is 0.757. The Kier molecular flexibility index (Phi) is 8.97. The molecule has 1 aliphatic rings. The van der Waals surface area contributed by atoms with Crippen LogP contribution in [0.3, 0.4) is 0 Å². The van der Waals surface area contributed by atoms with Crippen molar-refractivity contribution in [1.29, 1.82) is 0 Å². The molecule has 1 aliphatic heterocycles. The second-order valence-electron chi connectivity index (χ2n) is 10.8. The number of ether oxygens (including phenoxy) is 5. The van der Waals surface area contributed by atoms with Gasteiger partial charge in [0.1, 0.15) is 47.9 Å². The molecule has 5 aromatic rings. The molecule has 0 spiro atoms. The molecule has 0 amide bonds. The lowest BCUT2D eigenvalue weighted by atomic mass is 9.99. The van der Waals surface area contributed by atoms with Gasteiger partial charge in [0.15, 0.2) is 28.4 Å². The van der Waals surface area contributed by atoms with Gasteiger partial charge in [0.05, 0.1) is 25.9 Å². The molecule has 0 saturated carbocycles. The van der Waals surface area contributed by atoms with E-state index in [-0.39, 0.29) is 51.2 Å². The monoisotopic (exact) mass is 662 g/mol. The quantitative estimate of drug-likeness (QED) is 0.114. The van der Waals surface area contributed by atoms with Crippen LogP contribution in [-0.4, -0.2) is 83.0 Å². The number of rotatable bonds is 9. The number of phenolic OH excluding ortho intramolecular Hbond substituents is 2. The zero-order valence-electron chi connectivity index (χ0n) is 25.4. The highest BCUT2D eigenvalue weighted by Gasteiger charge is 2.46. The third-order valence-electron chi connectivity index (χ3n) is 7.74. The Balaban J connectivity index is 1.35. The SMILES string of the molecule is COc1cc(-c2oc3cc(=O)cc4occc(c2O[C@@H]2O[C@H](COC(=O)C=Cc5ccc(O)cc5)[C@@H](O)[C@H](O)[C@H]2O)c43)cc(OC)c1O. The highest BCUT2D eigenvalue weighted by Crippen LogP contribution is 2.47. The maximum Gasteiger partial charge on any atom is 0.330 e. The minimum absolute atomic E-state index is 0.0176. The summed E-state index contributed by atoms with van der Waals surface area (Å²) in [4.78, 5) is 24.9. The number of hydrogen-bond acceptors (Lipinski definition) is 14. The highest BCUT2D eigenvalue weighted by molar-refractivity contribution is 6.09. The van der Waals surface area contributed by atoms with Crippen molar-refractivity contribution in [3.63, 3.8) is 0 Å². The van der Waals surface area contributed by atoms with E-state index in [0.717, 1.165) is 6.08 Å². The van der Waals surface area contributed by atoms with Crippen molar-refractivity contribution in [3.05, 3.63) is 82.7 Å². The Hall–Kier alpha value is -5.54. The third kappa shape index (κ3) is 6.24. The van der Waals surface area contributed by atoms with Crippen LogP contribution < -0.4 is 19.6 Å². The van der Waals surface area contributed by atoms with E-state index in [0.29, 0.717) is 16.3 Å². The zero-order chi connectivity index (χ0) is 34.1. The fourth-order valence-electron chi connectivity index (χ4n) is 5.29. The molecule has 3 heterocycles. The van der Waals surface area contributed by atoms with Crippen molar-refractivity contribution < 1.29 is 62.8 Å². The van der Waals surface area contributed by atoms with Crippen LogP contribution in [0.15, 0.2) is 80.6 Å². The van der Waals surface area contributed by atoms with Gasteiger partial charge in [0.2, 0.25) is 12.0 Å². The van der Waals surface area contributed by atoms with E-state index in [2.05, 4.69) is 0 Å².